The molecule has 0 saturated carbocycles. The van der Waals surface area contributed by atoms with E-state index in [1.54, 1.807) is 18.3 Å². The monoisotopic (exact) mass is 279 g/mol. The van der Waals surface area contributed by atoms with Crippen LogP contribution in [0.5, 0.6) is 0 Å². The summed E-state index contributed by atoms with van der Waals surface area (Å²) in [5.74, 6) is -0.900. The normalized spacial score (nSPS) is 17.2. The summed E-state index contributed by atoms with van der Waals surface area (Å²) < 4.78 is 5.18. The molecule has 3 N–H and O–H groups in total. The van der Waals surface area contributed by atoms with Gasteiger partial charge in [0.05, 0.1) is 17.3 Å². The fourth-order valence-corrected chi connectivity index (χ4v) is 2.09. The van der Waals surface area contributed by atoms with Crippen molar-refractivity contribution >= 4 is 17.7 Å². The zero-order valence-electron chi connectivity index (χ0n) is 11.0. The molecule has 0 bridgehead atoms. The molecule has 0 spiro atoms. The lowest BCUT2D eigenvalue weighted by Gasteiger charge is -2.33. The summed E-state index contributed by atoms with van der Waals surface area (Å²) in [7, 11) is 0. The molecular weight excluding hydrogens is 262 g/mol. The Morgan fingerprint density at radius 1 is 1.40 bits per heavy atom. The summed E-state index contributed by atoms with van der Waals surface area (Å²) in [6.07, 6.45) is 3.91. The number of aromatic nitrogens is 1. The molecule has 1 saturated heterocycles. The van der Waals surface area contributed by atoms with Gasteiger partial charge in [-0.25, -0.2) is 4.79 Å². The van der Waals surface area contributed by atoms with E-state index in [4.69, 9.17) is 4.74 Å². The van der Waals surface area contributed by atoms with Crippen molar-refractivity contribution in [2.75, 3.05) is 25.1 Å². The summed E-state index contributed by atoms with van der Waals surface area (Å²) in [6, 6.07) is 2.96. The molecular formula is C13H17N3O4. The maximum atomic E-state index is 11.7. The minimum atomic E-state index is -0.940. The molecule has 1 aliphatic heterocycles. The molecule has 20 heavy (non-hydrogen) atoms. The smallest absolute Gasteiger partial charge is 0.319 e. The summed E-state index contributed by atoms with van der Waals surface area (Å²) in [5.41, 5.74) is -0.383. The van der Waals surface area contributed by atoms with Crippen LogP contribution >= 0.6 is 0 Å². The van der Waals surface area contributed by atoms with E-state index in [-0.39, 0.29) is 6.54 Å². The van der Waals surface area contributed by atoms with Gasteiger partial charge in [0, 0.05) is 26.0 Å². The number of aliphatic carboxylic acids is 1. The van der Waals surface area contributed by atoms with Crippen molar-refractivity contribution in [3.05, 3.63) is 24.5 Å². The number of hydrogen-bond donors (Lipinski definition) is 3. The number of nitrogens with one attached hydrogen (secondary N) is 2. The van der Waals surface area contributed by atoms with Crippen LogP contribution < -0.4 is 10.6 Å². The van der Waals surface area contributed by atoms with Crippen molar-refractivity contribution in [1.29, 1.82) is 0 Å². The topological polar surface area (TPSA) is 101 Å². The van der Waals surface area contributed by atoms with E-state index in [9.17, 15) is 14.7 Å². The molecule has 2 heterocycles. The van der Waals surface area contributed by atoms with Gasteiger partial charge in [-0.3, -0.25) is 9.78 Å². The molecule has 0 radical (unpaired) electrons. The highest BCUT2D eigenvalue weighted by molar-refractivity contribution is 5.89. The van der Waals surface area contributed by atoms with E-state index < -0.39 is 17.4 Å². The van der Waals surface area contributed by atoms with Crippen LogP contribution in [-0.4, -0.2) is 41.8 Å². The minimum Gasteiger partial charge on any atom is -0.481 e. The second-order valence-electron chi connectivity index (χ2n) is 4.75. The van der Waals surface area contributed by atoms with Crippen molar-refractivity contribution in [1.82, 2.24) is 10.3 Å². The van der Waals surface area contributed by atoms with Crippen LogP contribution in [-0.2, 0) is 9.53 Å². The van der Waals surface area contributed by atoms with Gasteiger partial charge in [0.1, 0.15) is 0 Å². The molecule has 0 atom stereocenters. The highest BCUT2D eigenvalue weighted by atomic mass is 16.5. The number of pyridine rings is 1. The third-order valence-electron chi connectivity index (χ3n) is 3.41. The Balaban J connectivity index is 1.89. The zero-order chi connectivity index (χ0) is 14.4. The predicted molar refractivity (Wildman–Crippen MR) is 71.4 cm³/mol. The Bertz CT molecular complexity index is 472. The van der Waals surface area contributed by atoms with Crippen molar-refractivity contribution in [3.8, 4) is 0 Å². The number of hydrogen-bond acceptors (Lipinski definition) is 4. The number of carboxylic acid groups (broad SMARTS) is 1. The largest absolute Gasteiger partial charge is 0.481 e. The van der Waals surface area contributed by atoms with Gasteiger partial charge in [-0.2, -0.15) is 0 Å². The van der Waals surface area contributed by atoms with E-state index in [2.05, 4.69) is 15.6 Å². The van der Waals surface area contributed by atoms with Gasteiger partial charge < -0.3 is 20.5 Å². The second-order valence-corrected chi connectivity index (χ2v) is 4.75. The van der Waals surface area contributed by atoms with Crippen LogP contribution in [0.3, 0.4) is 0 Å². The van der Waals surface area contributed by atoms with Crippen LogP contribution in [0, 0.1) is 5.41 Å². The third-order valence-corrected chi connectivity index (χ3v) is 3.41. The molecule has 108 valence electrons. The van der Waals surface area contributed by atoms with Crippen LogP contribution in [0.15, 0.2) is 24.5 Å². The molecule has 0 unspecified atom stereocenters. The Morgan fingerprint density at radius 3 is 2.75 bits per heavy atom. The number of carboxylic acids is 1. The highest BCUT2D eigenvalue weighted by Gasteiger charge is 2.40. The lowest BCUT2D eigenvalue weighted by Crippen LogP contribution is -2.47. The lowest BCUT2D eigenvalue weighted by atomic mass is 9.80. The number of amides is 2. The first-order chi connectivity index (χ1) is 9.62. The molecule has 7 nitrogen and oxygen atoms in total. The molecule has 2 amide bonds. The highest BCUT2D eigenvalue weighted by Crippen LogP contribution is 2.30. The van der Waals surface area contributed by atoms with Crippen molar-refractivity contribution in [3.63, 3.8) is 0 Å². The van der Waals surface area contributed by atoms with Crippen LogP contribution in [0.25, 0.3) is 0 Å². The molecule has 0 aliphatic carbocycles. The number of ether oxygens (including phenoxy) is 1. The summed E-state index contributed by atoms with van der Waals surface area (Å²) in [4.78, 5) is 27.0. The van der Waals surface area contributed by atoms with E-state index in [1.807, 2.05) is 0 Å². The summed E-state index contributed by atoms with van der Waals surface area (Å²) in [5, 5.41) is 14.6. The molecule has 1 aliphatic rings. The Kier molecular flexibility index (Phi) is 4.52. The quantitative estimate of drug-likeness (QED) is 0.765. The van der Waals surface area contributed by atoms with E-state index in [1.165, 1.54) is 6.20 Å². The van der Waals surface area contributed by atoms with Gasteiger partial charge in [0.2, 0.25) is 0 Å². The Labute approximate surface area is 116 Å². The fraction of sp³-hybridized carbons (Fsp3) is 0.462. The van der Waals surface area contributed by atoms with Crippen molar-refractivity contribution in [2.45, 2.75) is 12.8 Å². The average Bonchev–Trinajstić information content (AvgIpc) is 2.47. The molecule has 0 aromatic carbocycles. The maximum Gasteiger partial charge on any atom is 0.319 e. The van der Waals surface area contributed by atoms with E-state index in [0.717, 1.165) is 0 Å². The SMILES string of the molecule is O=C(NCC1(C(=O)O)CCOCC1)Nc1cccnc1. The van der Waals surface area contributed by atoms with Crippen molar-refractivity contribution in [2.24, 2.45) is 5.41 Å². The maximum absolute atomic E-state index is 11.7. The van der Waals surface area contributed by atoms with Gasteiger partial charge >= 0.3 is 12.0 Å². The molecule has 1 aromatic heterocycles. The number of urea groups is 1. The minimum absolute atomic E-state index is 0.0811. The first-order valence-electron chi connectivity index (χ1n) is 6.38. The number of carbonyl (C=O) groups is 2. The Hall–Kier alpha value is -2.15. The standard InChI is InChI=1S/C13H17N3O4/c17-11(18)13(3-6-20-7-4-13)9-15-12(19)16-10-2-1-5-14-8-10/h1-2,5,8H,3-4,6-7,9H2,(H,17,18)(H2,15,16,19). The Morgan fingerprint density at radius 2 is 2.15 bits per heavy atom. The lowest BCUT2D eigenvalue weighted by molar-refractivity contribution is -0.154. The van der Waals surface area contributed by atoms with Gasteiger partial charge in [-0.15, -0.1) is 0 Å². The number of rotatable bonds is 4. The number of nitrogens with zero attached hydrogens (tertiary/aromatic N) is 1. The predicted octanol–water partition coefficient (Wildman–Crippen LogP) is 1.08. The third kappa shape index (κ3) is 3.45. The summed E-state index contributed by atoms with van der Waals surface area (Å²) >= 11 is 0. The average molecular weight is 279 g/mol. The van der Waals surface area contributed by atoms with Crippen LogP contribution in [0.4, 0.5) is 10.5 Å². The molecule has 1 fully saturated rings. The number of anilines is 1. The van der Waals surface area contributed by atoms with Gasteiger partial charge in [-0.05, 0) is 25.0 Å². The summed E-state index contributed by atoms with van der Waals surface area (Å²) in [6.45, 7) is 0.883. The van der Waals surface area contributed by atoms with Crippen LogP contribution in [0.2, 0.25) is 0 Å². The van der Waals surface area contributed by atoms with Gasteiger partial charge in [0.25, 0.3) is 0 Å². The first-order valence-corrected chi connectivity index (χ1v) is 6.38. The van der Waals surface area contributed by atoms with E-state index >= 15 is 0 Å². The number of carbonyl (C=O) groups excluding carboxylic acids is 1. The molecule has 1 aromatic rings. The van der Waals surface area contributed by atoms with Crippen molar-refractivity contribution < 1.29 is 19.4 Å². The molecule has 7 heteroatoms. The van der Waals surface area contributed by atoms with Gasteiger partial charge in [0.15, 0.2) is 0 Å². The van der Waals surface area contributed by atoms with Gasteiger partial charge in [-0.1, -0.05) is 0 Å². The van der Waals surface area contributed by atoms with Crippen LogP contribution in [0.1, 0.15) is 12.8 Å². The zero-order valence-corrected chi connectivity index (χ0v) is 11.0. The first kappa shape index (κ1) is 14.3. The fourth-order valence-electron chi connectivity index (χ4n) is 2.09. The molecule has 2 rings (SSSR count). The second kappa shape index (κ2) is 6.33. The van der Waals surface area contributed by atoms with E-state index in [0.29, 0.717) is 31.7 Å².